The van der Waals surface area contributed by atoms with Gasteiger partial charge in [0.05, 0.1) is 13.7 Å². The van der Waals surface area contributed by atoms with E-state index < -0.39 is 17.9 Å². The number of hydrogen-bond acceptors (Lipinski definition) is 5. The quantitative estimate of drug-likeness (QED) is 0.522. The minimum Gasteiger partial charge on any atom is -0.467 e. The molecule has 28 heavy (non-hydrogen) atoms. The van der Waals surface area contributed by atoms with Crippen LogP contribution in [-0.4, -0.2) is 36.7 Å². The highest BCUT2D eigenvalue weighted by Gasteiger charge is 2.20. The van der Waals surface area contributed by atoms with Crippen LogP contribution in [-0.2, 0) is 16.1 Å². The van der Waals surface area contributed by atoms with Crippen molar-refractivity contribution in [3.8, 4) is 11.8 Å². The van der Waals surface area contributed by atoms with Crippen molar-refractivity contribution in [2.45, 2.75) is 12.6 Å². The van der Waals surface area contributed by atoms with Crippen molar-refractivity contribution in [3.05, 3.63) is 76.9 Å². The van der Waals surface area contributed by atoms with E-state index in [0.717, 1.165) is 16.7 Å². The lowest BCUT2D eigenvalue weighted by Crippen LogP contribution is -2.46. The second-order valence-corrected chi connectivity index (χ2v) is 5.86. The summed E-state index contributed by atoms with van der Waals surface area (Å²) < 4.78 is 4.59. The van der Waals surface area contributed by atoms with Gasteiger partial charge in [-0.25, -0.2) is 4.79 Å². The minimum absolute atomic E-state index is 0.0212. The van der Waals surface area contributed by atoms with Gasteiger partial charge in [-0.3, -0.25) is 4.79 Å². The molecule has 2 aromatic carbocycles. The van der Waals surface area contributed by atoms with Crippen molar-refractivity contribution < 1.29 is 19.4 Å². The molecule has 0 bridgehead atoms. The summed E-state index contributed by atoms with van der Waals surface area (Å²) in [7, 11) is 1.24. The Morgan fingerprint density at radius 3 is 2.43 bits per heavy atom. The molecule has 0 unspecified atom stereocenters. The molecule has 0 heterocycles. The van der Waals surface area contributed by atoms with Crippen LogP contribution >= 0.6 is 0 Å². The maximum Gasteiger partial charge on any atom is 0.329 e. The highest BCUT2D eigenvalue weighted by atomic mass is 16.5. The average Bonchev–Trinajstić information content (AvgIpc) is 2.75. The van der Waals surface area contributed by atoms with Gasteiger partial charge in [0.25, 0.3) is 5.91 Å². The fourth-order valence-corrected chi connectivity index (χ4v) is 2.30. The van der Waals surface area contributed by atoms with Gasteiger partial charge in [-0.15, -0.1) is 0 Å². The van der Waals surface area contributed by atoms with Crippen molar-refractivity contribution in [2.75, 3.05) is 13.7 Å². The van der Waals surface area contributed by atoms with Gasteiger partial charge in [0.2, 0.25) is 0 Å². The Hall–Kier alpha value is -3.40. The first-order valence-electron chi connectivity index (χ1n) is 8.64. The Kier molecular flexibility index (Phi) is 7.97. The molecular weight excluding hydrogens is 356 g/mol. The van der Waals surface area contributed by atoms with Crippen molar-refractivity contribution in [1.29, 1.82) is 0 Å². The number of aliphatic hydroxyl groups excluding tert-OH is 1. The van der Waals surface area contributed by atoms with Crippen LogP contribution < -0.4 is 11.1 Å². The van der Waals surface area contributed by atoms with Crippen molar-refractivity contribution in [3.63, 3.8) is 0 Å². The van der Waals surface area contributed by atoms with Crippen LogP contribution in [0.15, 0.2) is 54.6 Å². The van der Waals surface area contributed by atoms with E-state index in [9.17, 15) is 9.59 Å². The topological polar surface area (TPSA) is 102 Å². The first kappa shape index (κ1) is 20.9. The van der Waals surface area contributed by atoms with Crippen LogP contribution in [0.5, 0.6) is 0 Å². The van der Waals surface area contributed by atoms with Crippen molar-refractivity contribution >= 4 is 18.0 Å². The number of carbonyl (C=O) groups excluding carboxylic acids is 2. The summed E-state index contributed by atoms with van der Waals surface area (Å²) in [4.78, 5) is 23.7. The Morgan fingerprint density at radius 1 is 1.18 bits per heavy atom. The van der Waals surface area contributed by atoms with Crippen molar-refractivity contribution in [1.82, 2.24) is 5.32 Å². The number of hydrogen-bond donors (Lipinski definition) is 3. The van der Waals surface area contributed by atoms with E-state index in [1.54, 1.807) is 30.3 Å². The zero-order chi connectivity index (χ0) is 20.4. The maximum atomic E-state index is 12.2. The van der Waals surface area contributed by atoms with Gasteiger partial charge in [-0.2, -0.15) is 0 Å². The molecule has 1 amide bonds. The third kappa shape index (κ3) is 6.09. The second kappa shape index (κ2) is 10.7. The molecule has 144 valence electrons. The number of amides is 1. The number of benzene rings is 2. The fraction of sp³-hybridized carbons (Fsp3) is 0.182. The molecule has 1 atom stereocenters. The first-order valence-corrected chi connectivity index (χ1v) is 8.64. The van der Waals surface area contributed by atoms with Crippen LogP contribution in [0.4, 0.5) is 0 Å². The maximum absolute atomic E-state index is 12.2. The van der Waals surface area contributed by atoms with Gasteiger partial charge in [-0.1, -0.05) is 36.1 Å². The Balaban J connectivity index is 1.97. The highest BCUT2D eigenvalue weighted by molar-refractivity contribution is 5.96. The molecule has 4 N–H and O–H groups in total. The number of rotatable bonds is 6. The Morgan fingerprint density at radius 2 is 1.86 bits per heavy atom. The number of methoxy groups -OCH3 is 1. The number of allylic oxidation sites excluding steroid dienone is 1. The van der Waals surface area contributed by atoms with E-state index in [0.29, 0.717) is 5.56 Å². The third-order valence-electron chi connectivity index (χ3n) is 3.91. The number of carbonyl (C=O) groups is 2. The molecule has 0 aliphatic rings. The zero-order valence-electron chi connectivity index (χ0n) is 15.5. The molecule has 0 aromatic heterocycles. The van der Waals surface area contributed by atoms with Crippen LogP contribution in [0.3, 0.4) is 0 Å². The smallest absolute Gasteiger partial charge is 0.329 e. The summed E-state index contributed by atoms with van der Waals surface area (Å²) in [6, 6.07) is 13.3. The van der Waals surface area contributed by atoms with E-state index in [-0.39, 0.29) is 13.2 Å². The molecule has 6 nitrogen and oxygen atoms in total. The van der Waals surface area contributed by atoms with Gasteiger partial charge in [0, 0.05) is 17.7 Å². The van der Waals surface area contributed by atoms with E-state index in [2.05, 4.69) is 21.9 Å². The first-order chi connectivity index (χ1) is 13.6. The highest BCUT2D eigenvalue weighted by Crippen LogP contribution is 2.06. The van der Waals surface area contributed by atoms with Crippen LogP contribution in [0, 0.1) is 11.8 Å². The molecule has 0 radical (unpaired) electrons. The van der Waals surface area contributed by atoms with Gasteiger partial charge < -0.3 is 20.9 Å². The molecule has 0 spiro atoms. The van der Waals surface area contributed by atoms with Crippen LogP contribution in [0.1, 0.15) is 27.0 Å². The molecule has 0 saturated heterocycles. The second-order valence-electron chi connectivity index (χ2n) is 5.86. The number of esters is 1. The van der Waals surface area contributed by atoms with Crippen molar-refractivity contribution in [2.24, 2.45) is 5.73 Å². The van der Waals surface area contributed by atoms with Gasteiger partial charge in [0.1, 0.15) is 6.04 Å². The molecule has 2 rings (SSSR count). The number of ether oxygens (including phenoxy) is 1. The molecule has 0 saturated carbocycles. The van der Waals surface area contributed by atoms with Gasteiger partial charge in [0.15, 0.2) is 0 Å². The monoisotopic (exact) mass is 378 g/mol. The molecular formula is C22H22N2O4. The lowest BCUT2D eigenvalue weighted by Gasteiger charge is -2.14. The lowest BCUT2D eigenvalue weighted by molar-refractivity contribution is -0.142. The van der Waals surface area contributed by atoms with E-state index in [1.165, 1.54) is 7.11 Å². The summed E-state index contributed by atoms with van der Waals surface area (Å²) in [5.74, 6) is 4.92. The number of nitrogens with one attached hydrogen (secondary N) is 1. The number of aliphatic hydroxyl groups is 1. The minimum atomic E-state index is -0.881. The van der Waals surface area contributed by atoms with Crippen LogP contribution in [0.25, 0.3) is 6.08 Å². The average molecular weight is 378 g/mol. The lowest BCUT2D eigenvalue weighted by atomic mass is 10.1. The standard InChI is InChI=1S/C22H22N2O4/c1-28-22(27)20(14-23)24-21(26)19-12-10-17(11-13-19)5-3-2-4-16-6-8-18(15-25)9-7-16/h2,4,6-13,20,25H,14-15,23H2,1H3,(H,24,26)/t20-/m0/s1. The largest absolute Gasteiger partial charge is 0.467 e. The zero-order valence-corrected chi connectivity index (χ0v) is 15.5. The molecule has 0 aliphatic heterocycles. The normalized spacial score (nSPS) is 11.4. The summed E-state index contributed by atoms with van der Waals surface area (Å²) >= 11 is 0. The summed E-state index contributed by atoms with van der Waals surface area (Å²) in [5, 5.41) is 11.6. The molecule has 0 fully saturated rings. The number of nitrogens with two attached hydrogens (primary N) is 1. The molecule has 6 heteroatoms. The molecule has 0 aliphatic carbocycles. The summed E-state index contributed by atoms with van der Waals surface area (Å²) in [5.41, 5.74) is 8.46. The Bertz CT molecular complexity index is 891. The predicted molar refractivity (Wildman–Crippen MR) is 107 cm³/mol. The van der Waals surface area contributed by atoms with E-state index in [1.807, 2.05) is 30.3 Å². The summed E-state index contributed by atoms with van der Waals surface area (Å²) in [6.07, 6.45) is 3.60. The van der Waals surface area contributed by atoms with E-state index in [4.69, 9.17) is 10.8 Å². The SMILES string of the molecule is COC(=O)[C@H](CN)NC(=O)c1ccc(C#CC=Cc2ccc(CO)cc2)cc1. The predicted octanol–water partition coefficient (Wildman–Crippen LogP) is 1.47. The fourth-order valence-electron chi connectivity index (χ4n) is 2.30. The third-order valence-corrected chi connectivity index (χ3v) is 3.91. The van der Waals surface area contributed by atoms with Crippen LogP contribution in [0.2, 0.25) is 0 Å². The van der Waals surface area contributed by atoms with E-state index >= 15 is 0 Å². The summed E-state index contributed by atoms with van der Waals surface area (Å²) in [6.45, 7) is -0.0234. The van der Waals surface area contributed by atoms with Gasteiger partial charge >= 0.3 is 5.97 Å². The Labute approximate surface area is 164 Å². The molecule has 2 aromatic rings. The van der Waals surface area contributed by atoms with Gasteiger partial charge in [-0.05, 0) is 47.5 Å².